The smallest absolute Gasteiger partial charge is 0.264 e. The molecule has 2 N–H and O–H groups in total. The molecule has 3 aliphatic heterocycles. The zero-order valence-corrected chi connectivity index (χ0v) is 18.6. The Morgan fingerprint density at radius 3 is 2.53 bits per heavy atom. The molecule has 11 heteroatoms. The Balaban J connectivity index is 1.33. The van der Waals surface area contributed by atoms with Gasteiger partial charge in [0.25, 0.3) is 11.8 Å². The number of benzene rings is 1. The van der Waals surface area contributed by atoms with Gasteiger partial charge in [-0.2, -0.15) is 0 Å². The fourth-order valence-corrected chi connectivity index (χ4v) is 5.32. The lowest BCUT2D eigenvalue weighted by Gasteiger charge is -2.33. The van der Waals surface area contributed by atoms with Crippen molar-refractivity contribution in [2.45, 2.75) is 37.8 Å². The van der Waals surface area contributed by atoms with Gasteiger partial charge in [-0.15, -0.1) is 5.10 Å². The molecule has 6 rings (SSSR count). The summed E-state index contributed by atoms with van der Waals surface area (Å²) in [6.07, 6.45) is 4.38. The average molecular weight is 463 g/mol. The summed E-state index contributed by atoms with van der Waals surface area (Å²) in [5, 5.41) is 14.4. The van der Waals surface area contributed by atoms with Crippen LogP contribution in [0.2, 0.25) is 0 Å². The molecule has 2 unspecified atom stereocenters. The van der Waals surface area contributed by atoms with Gasteiger partial charge in [0.2, 0.25) is 11.8 Å². The van der Waals surface area contributed by atoms with Crippen molar-refractivity contribution in [1.82, 2.24) is 35.4 Å². The van der Waals surface area contributed by atoms with Crippen LogP contribution in [0.1, 0.15) is 58.1 Å². The van der Waals surface area contributed by atoms with Crippen LogP contribution in [-0.4, -0.2) is 80.6 Å². The molecule has 1 saturated carbocycles. The molecule has 3 fully saturated rings. The second-order valence-corrected chi connectivity index (χ2v) is 9.30. The van der Waals surface area contributed by atoms with E-state index in [1.165, 1.54) is 0 Å². The van der Waals surface area contributed by atoms with Crippen LogP contribution >= 0.6 is 0 Å². The summed E-state index contributed by atoms with van der Waals surface area (Å²) in [7, 11) is 0. The number of carbonyl (C=O) groups is 4. The summed E-state index contributed by atoms with van der Waals surface area (Å²) in [6, 6.07) is 4.19. The molecule has 176 valence electrons. The largest absolute Gasteiger partial charge is 0.314 e. The number of nitrogens with one attached hydrogen (secondary N) is 2. The number of aromatic nitrogens is 3. The number of rotatable bonds is 5. The fourth-order valence-electron chi connectivity index (χ4n) is 5.32. The summed E-state index contributed by atoms with van der Waals surface area (Å²) in [6.45, 7) is 3.78. The summed E-state index contributed by atoms with van der Waals surface area (Å²) in [4.78, 5) is 53.8. The van der Waals surface area contributed by atoms with Crippen molar-refractivity contribution >= 4 is 23.6 Å². The lowest BCUT2D eigenvalue weighted by Crippen LogP contribution is -2.54. The van der Waals surface area contributed by atoms with E-state index in [4.69, 9.17) is 0 Å². The van der Waals surface area contributed by atoms with Gasteiger partial charge in [-0.3, -0.25) is 34.3 Å². The third-order valence-electron chi connectivity index (χ3n) is 7.12. The highest BCUT2D eigenvalue weighted by atomic mass is 16.2. The van der Waals surface area contributed by atoms with E-state index < -0.39 is 29.7 Å². The predicted molar refractivity (Wildman–Crippen MR) is 118 cm³/mol. The quantitative estimate of drug-likeness (QED) is 0.594. The van der Waals surface area contributed by atoms with Crippen molar-refractivity contribution < 1.29 is 19.2 Å². The summed E-state index contributed by atoms with van der Waals surface area (Å²) in [5.74, 6) is -1.56. The first kappa shape index (κ1) is 21.1. The minimum Gasteiger partial charge on any atom is -0.314 e. The first-order chi connectivity index (χ1) is 16.5. The summed E-state index contributed by atoms with van der Waals surface area (Å²) >= 11 is 0. The van der Waals surface area contributed by atoms with E-state index in [1.807, 2.05) is 6.20 Å². The normalized spacial score (nSPS) is 24.4. The molecule has 1 aromatic carbocycles. The van der Waals surface area contributed by atoms with Crippen LogP contribution in [0.25, 0.3) is 5.69 Å². The van der Waals surface area contributed by atoms with E-state index >= 15 is 0 Å². The van der Waals surface area contributed by atoms with Gasteiger partial charge in [0.1, 0.15) is 11.7 Å². The van der Waals surface area contributed by atoms with E-state index in [2.05, 4.69) is 25.8 Å². The minimum atomic E-state index is -1.00. The van der Waals surface area contributed by atoms with Crippen LogP contribution in [0.4, 0.5) is 0 Å². The molecule has 2 aromatic rings. The van der Waals surface area contributed by atoms with Crippen molar-refractivity contribution in [2.75, 3.05) is 26.2 Å². The summed E-state index contributed by atoms with van der Waals surface area (Å²) in [5.41, 5.74) is 1.75. The monoisotopic (exact) mass is 463 g/mol. The van der Waals surface area contributed by atoms with Crippen molar-refractivity contribution in [2.24, 2.45) is 5.92 Å². The lowest BCUT2D eigenvalue weighted by molar-refractivity contribution is -0.136. The lowest BCUT2D eigenvalue weighted by atomic mass is 10.0. The average Bonchev–Trinajstić information content (AvgIpc) is 3.49. The number of piperazine rings is 1. The first-order valence-corrected chi connectivity index (χ1v) is 11.7. The highest BCUT2D eigenvalue weighted by Crippen LogP contribution is 2.44. The number of carbonyl (C=O) groups excluding carboxylic acids is 4. The summed E-state index contributed by atoms with van der Waals surface area (Å²) < 4.78 is 1.56. The van der Waals surface area contributed by atoms with Gasteiger partial charge in [0.15, 0.2) is 0 Å². The molecule has 11 nitrogen and oxygen atoms in total. The molecule has 34 heavy (non-hydrogen) atoms. The van der Waals surface area contributed by atoms with Gasteiger partial charge in [0.05, 0.1) is 29.1 Å². The SMILES string of the molecule is O=C1CCC(N2C(=O)c3cccc(-n4cc(C(C5CC5)N5CCNCC5)nn4)c3C2=O)C(=O)N1. The Bertz CT molecular complexity index is 1200. The van der Waals surface area contributed by atoms with E-state index in [0.717, 1.165) is 49.6 Å². The van der Waals surface area contributed by atoms with Crippen LogP contribution in [0.3, 0.4) is 0 Å². The van der Waals surface area contributed by atoms with Crippen molar-refractivity contribution in [3.05, 3.63) is 41.2 Å². The van der Waals surface area contributed by atoms with Crippen LogP contribution < -0.4 is 10.6 Å². The van der Waals surface area contributed by atoms with Crippen LogP contribution in [0.5, 0.6) is 0 Å². The molecule has 1 aliphatic carbocycles. The molecule has 2 saturated heterocycles. The number of amides is 4. The van der Waals surface area contributed by atoms with Gasteiger partial charge in [0, 0.05) is 32.6 Å². The van der Waals surface area contributed by atoms with Crippen molar-refractivity contribution in [3.63, 3.8) is 0 Å². The number of hydrogen-bond acceptors (Lipinski definition) is 8. The molecule has 1 aromatic heterocycles. The van der Waals surface area contributed by atoms with Crippen LogP contribution in [0, 0.1) is 5.92 Å². The first-order valence-electron chi connectivity index (χ1n) is 11.7. The second-order valence-electron chi connectivity index (χ2n) is 9.30. The molecule has 4 amide bonds. The Morgan fingerprint density at radius 1 is 1.00 bits per heavy atom. The number of fused-ring (bicyclic) bond motifs is 1. The Morgan fingerprint density at radius 2 is 1.79 bits per heavy atom. The minimum absolute atomic E-state index is 0.0810. The number of imide groups is 2. The number of piperidine rings is 1. The third kappa shape index (κ3) is 3.43. The molecule has 0 spiro atoms. The topological polar surface area (TPSA) is 130 Å². The Hall–Kier alpha value is -3.44. The van der Waals surface area contributed by atoms with E-state index in [0.29, 0.717) is 11.6 Å². The van der Waals surface area contributed by atoms with Gasteiger partial charge >= 0.3 is 0 Å². The van der Waals surface area contributed by atoms with Crippen LogP contribution in [-0.2, 0) is 9.59 Å². The second kappa shape index (κ2) is 8.10. The van der Waals surface area contributed by atoms with Gasteiger partial charge in [-0.1, -0.05) is 11.3 Å². The molecular weight excluding hydrogens is 438 g/mol. The zero-order valence-electron chi connectivity index (χ0n) is 18.6. The molecule has 4 aliphatic rings. The maximum Gasteiger partial charge on any atom is 0.264 e. The number of hydrogen-bond donors (Lipinski definition) is 2. The van der Waals surface area contributed by atoms with E-state index in [-0.39, 0.29) is 30.0 Å². The third-order valence-corrected chi connectivity index (χ3v) is 7.12. The van der Waals surface area contributed by atoms with E-state index in [1.54, 1.807) is 22.9 Å². The van der Waals surface area contributed by atoms with Crippen molar-refractivity contribution in [3.8, 4) is 5.69 Å². The molecule has 0 bridgehead atoms. The standard InChI is InChI=1S/C23H25N7O4/c31-18-7-6-17(21(32)25-18)30-22(33)14-2-1-3-16(19(14)23(30)34)29-12-15(26-27-29)20(13-4-5-13)28-10-8-24-9-11-28/h1-3,12-13,17,20,24H,4-11H2,(H,25,31,32). The fraction of sp³-hybridized carbons (Fsp3) is 0.478. The highest BCUT2D eigenvalue weighted by molar-refractivity contribution is 6.24. The highest BCUT2D eigenvalue weighted by Gasteiger charge is 2.46. The molecule has 0 radical (unpaired) electrons. The predicted octanol–water partition coefficient (Wildman–Crippen LogP) is 0.0248. The molecular formula is C23H25N7O4. The van der Waals surface area contributed by atoms with Crippen LogP contribution in [0.15, 0.2) is 24.4 Å². The molecule has 4 heterocycles. The van der Waals surface area contributed by atoms with Gasteiger partial charge in [-0.05, 0) is 37.3 Å². The van der Waals surface area contributed by atoms with E-state index in [9.17, 15) is 19.2 Å². The van der Waals surface area contributed by atoms with Crippen molar-refractivity contribution in [1.29, 1.82) is 0 Å². The Labute approximate surface area is 195 Å². The van der Waals surface area contributed by atoms with Gasteiger partial charge < -0.3 is 5.32 Å². The molecule has 2 atom stereocenters. The maximum absolute atomic E-state index is 13.4. The zero-order chi connectivity index (χ0) is 23.4. The Kier molecular flexibility index (Phi) is 5.03. The maximum atomic E-state index is 13.4. The van der Waals surface area contributed by atoms with Gasteiger partial charge in [-0.25, -0.2) is 4.68 Å². The number of nitrogens with zero attached hydrogens (tertiary/aromatic N) is 5.